The fraction of sp³-hybridized carbons (Fsp3) is 0.294. The van der Waals surface area contributed by atoms with Gasteiger partial charge in [0.15, 0.2) is 0 Å². The first kappa shape index (κ1) is 17.6. The minimum Gasteiger partial charge on any atom is -0.371 e. The van der Waals surface area contributed by atoms with Crippen molar-refractivity contribution in [3.8, 4) is 0 Å². The lowest BCUT2D eigenvalue weighted by Gasteiger charge is -2.22. The first-order valence-corrected chi connectivity index (χ1v) is 9.37. The van der Waals surface area contributed by atoms with Crippen LogP contribution in [0.2, 0.25) is 5.02 Å². The minimum atomic E-state index is -3.61. The molecule has 4 nitrogen and oxygen atoms in total. The topological polar surface area (TPSA) is 49.4 Å². The lowest BCUT2D eigenvalue weighted by Crippen LogP contribution is -2.22. The molecule has 0 saturated carbocycles. The van der Waals surface area contributed by atoms with Gasteiger partial charge in [0, 0.05) is 13.1 Å². The summed E-state index contributed by atoms with van der Waals surface area (Å²) in [7, 11) is -3.61. The second-order valence-corrected chi connectivity index (χ2v) is 7.35. The summed E-state index contributed by atoms with van der Waals surface area (Å²) in [4.78, 5) is 2.34. The van der Waals surface area contributed by atoms with Gasteiger partial charge < -0.3 is 4.90 Å². The Hall–Kier alpha value is -1.72. The molecular formula is C17H21ClN2O2S. The zero-order valence-electron chi connectivity index (χ0n) is 13.5. The second kappa shape index (κ2) is 7.23. The van der Waals surface area contributed by atoms with Crippen LogP contribution in [0.5, 0.6) is 0 Å². The Kier molecular flexibility index (Phi) is 5.55. The molecule has 0 fully saturated rings. The van der Waals surface area contributed by atoms with Crippen molar-refractivity contribution in [1.82, 2.24) is 0 Å². The number of hydrogen-bond donors (Lipinski definition) is 1. The van der Waals surface area contributed by atoms with Crippen molar-refractivity contribution < 1.29 is 8.42 Å². The third-order valence-electron chi connectivity index (χ3n) is 3.64. The van der Waals surface area contributed by atoms with Crippen LogP contribution in [-0.4, -0.2) is 21.5 Å². The number of halogens is 1. The number of aryl methyl sites for hydroxylation is 1. The van der Waals surface area contributed by atoms with E-state index < -0.39 is 10.0 Å². The van der Waals surface area contributed by atoms with E-state index in [9.17, 15) is 8.42 Å². The van der Waals surface area contributed by atoms with E-state index in [1.807, 2.05) is 26.8 Å². The Labute approximate surface area is 143 Å². The summed E-state index contributed by atoms with van der Waals surface area (Å²) in [6.07, 6.45) is 0. The summed E-state index contributed by atoms with van der Waals surface area (Å²) in [5.74, 6) is 0. The minimum absolute atomic E-state index is 0.229. The second-order valence-electron chi connectivity index (χ2n) is 5.26. The van der Waals surface area contributed by atoms with Crippen LogP contribution < -0.4 is 9.62 Å². The molecule has 2 aromatic rings. The lowest BCUT2D eigenvalue weighted by atomic mass is 10.2. The molecule has 2 aromatic carbocycles. The van der Waals surface area contributed by atoms with Crippen LogP contribution in [0.25, 0.3) is 0 Å². The van der Waals surface area contributed by atoms with Crippen LogP contribution in [0.3, 0.4) is 0 Å². The number of rotatable bonds is 6. The van der Waals surface area contributed by atoms with Gasteiger partial charge >= 0.3 is 0 Å². The largest absolute Gasteiger partial charge is 0.371 e. The van der Waals surface area contributed by atoms with Crippen LogP contribution in [0, 0.1) is 6.92 Å². The molecule has 2 rings (SSSR count). The molecule has 0 amide bonds. The molecular weight excluding hydrogens is 332 g/mol. The predicted octanol–water partition coefficient (Wildman–Crippen LogP) is 4.30. The van der Waals surface area contributed by atoms with Crippen LogP contribution >= 0.6 is 11.6 Å². The molecule has 0 aliphatic carbocycles. The van der Waals surface area contributed by atoms with Crippen molar-refractivity contribution in [2.75, 3.05) is 22.7 Å². The zero-order valence-corrected chi connectivity index (χ0v) is 15.1. The normalized spacial score (nSPS) is 11.3. The van der Waals surface area contributed by atoms with Gasteiger partial charge in [-0.05, 0) is 51.1 Å². The van der Waals surface area contributed by atoms with E-state index >= 15 is 0 Å². The van der Waals surface area contributed by atoms with Gasteiger partial charge in [-0.15, -0.1) is 0 Å². The van der Waals surface area contributed by atoms with Crippen molar-refractivity contribution in [2.24, 2.45) is 0 Å². The van der Waals surface area contributed by atoms with Gasteiger partial charge in [0.1, 0.15) is 0 Å². The maximum absolute atomic E-state index is 12.4. The van der Waals surface area contributed by atoms with Crippen molar-refractivity contribution in [3.63, 3.8) is 0 Å². The molecule has 0 saturated heterocycles. The van der Waals surface area contributed by atoms with Crippen LogP contribution in [-0.2, 0) is 10.0 Å². The smallest absolute Gasteiger partial charge is 0.261 e. The summed E-state index contributed by atoms with van der Waals surface area (Å²) in [6.45, 7) is 7.69. The molecule has 0 bridgehead atoms. The van der Waals surface area contributed by atoms with Crippen molar-refractivity contribution in [3.05, 3.63) is 53.1 Å². The van der Waals surface area contributed by atoms with E-state index in [1.165, 1.54) is 0 Å². The number of nitrogens with zero attached hydrogens (tertiary/aromatic N) is 1. The van der Waals surface area contributed by atoms with Gasteiger partial charge in [0.25, 0.3) is 10.0 Å². The maximum atomic E-state index is 12.4. The highest BCUT2D eigenvalue weighted by atomic mass is 35.5. The van der Waals surface area contributed by atoms with E-state index in [4.69, 9.17) is 11.6 Å². The standard InChI is InChI=1S/C17H21ClN2O2S/c1-4-20(5-2)17-11-8-14(12-16(17)18)19-23(21,22)15-9-6-13(3)7-10-15/h6-12,19H,4-5H2,1-3H3. The molecule has 0 spiro atoms. The summed E-state index contributed by atoms with van der Waals surface area (Å²) in [5, 5.41) is 0.526. The van der Waals surface area contributed by atoms with E-state index in [1.54, 1.807) is 36.4 Å². The number of anilines is 2. The highest BCUT2D eigenvalue weighted by molar-refractivity contribution is 7.92. The van der Waals surface area contributed by atoms with Gasteiger partial charge in [-0.1, -0.05) is 29.3 Å². The first-order valence-electron chi connectivity index (χ1n) is 7.51. The van der Waals surface area contributed by atoms with Crippen LogP contribution in [0.1, 0.15) is 19.4 Å². The molecule has 0 unspecified atom stereocenters. The van der Waals surface area contributed by atoms with Gasteiger partial charge in [-0.3, -0.25) is 4.72 Å². The van der Waals surface area contributed by atoms with Gasteiger partial charge in [-0.2, -0.15) is 0 Å². The third kappa shape index (κ3) is 4.18. The summed E-state index contributed by atoms with van der Waals surface area (Å²) in [5.41, 5.74) is 2.36. The van der Waals surface area contributed by atoms with Gasteiger partial charge in [-0.25, -0.2) is 8.42 Å². The molecule has 0 aliphatic rings. The summed E-state index contributed by atoms with van der Waals surface area (Å²) in [6, 6.07) is 11.9. The Morgan fingerprint density at radius 3 is 2.17 bits per heavy atom. The lowest BCUT2D eigenvalue weighted by molar-refractivity contribution is 0.601. The Morgan fingerprint density at radius 2 is 1.65 bits per heavy atom. The molecule has 0 radical (unpaired) electrons. The average Bonchev–Trinajstić information content (AvgIpc) is 2.50. The fourth-order valence-electron chi connectivity index (χ4n) is 2.32. The molecule has 0 heterocycles. The SMILES string of the molecule is CCN(CC)c1ccc(NS(=O)(=O)c2ccc(C)cc2)cc1Cl. The summed E-state index contributed by atoms with van der Waals surface area (Å²) >= 11 is 6.30. The van der Waals surface area contributed by atoms with Crippen molar-refractivity contribution in [2.45, 2.75) is 25.7 Å². The van der Waals surface area contributed by atoms with Crippen molar-refractivity contribution >= 4 is 33.0 Å². The van der Waals surface area contributed by atoms with E-state index in [0.29, 0.717) is 10.7 Å². The van der Waals surface area contributed by atoms with E-state index in [2.05, 4.69) is 9.62 Å². The van der Waals surface area contributed by atoms with E-state index in [0.717, 1.165) is 24.3 Å². The van der Waals surface area contributed by atoms with Crippen LogP contribution in [0.4, 0.5) is 11.4 Å². The van der Waals surface area contributed by atoms with Crippen molar-refractivity contribution in [1.29, 1.82) is 0 Å². The molecule has 23 heavy (non-hydrogen) atoms. The predicted molar refractivity (Wildman–Crippen MR) is 97.0 cm³/mol. The molecule has 0 aromatic heterocycles. The molecule has 0 aliphatic heterocycles. The quantitative estimate of drug-likeness (QED) is 0.843. The van der Waals surface area contributed by atoms with Gasteiger partial charge in [0.05, 0.1) is 21.3 Å². The molecule has 1 N–H and O–H groups in total. The monoisotopic (exact) mass is 352 g/mol. The molecule has 6 heteroatoms. The van der Waals surface area contributed by atoms with Crippen LogP contribution in [0.15, 0.2) is 47.4 Å². The highest BCUT2D eigenvalue weighted by Crippen LogP contribution is 2.29. The Morgan fingerprint density at radius 1 is 1.04 bits per heavy atom. The molecule has 124 valence electrons. The molecule has 0 atom stereocenters. The summed E-state index contributed by atoms with van der Waals surface area (Å²) < 4.78 is 27.3. The van der Waals surface area contributed by atoms with Gasteiger partial charge in [0.2, 0.25) is 0 Å². The first-order chi connectivity index (χ1) is 10.9. The average molecular weight is 353 g/mol. The number of hydrogen-bond acceptors (Lipinski definition) is 3. The Balaban J connectivity index is 2.26. The fourth-order valence-corrected chi connectivity index (χ4v) is 3.67. The number of nitrogens with one attached hydrogen (secondary N) is 1. The zero-order chi connectivity index (χ0) is 17.0. The highest BCUT2D eigenvalue weighted by Gasteiger charge is 2.15. The third-order valence-corrected chi connectivity index (χ3v) is 5.34. The Bertz CT molecular complexity index is 770. The number of benzene rings is 2. The van der Waals surface area contributed by atoms with E-state index in [-0.39, 0.29) is 4.90 Å². The maximum Gasteiger partial charge on any atom is 0.261 e. The number of sulfonamides is 1.